The van der Waals surface area contributed by atoms with Crippen LogP contribution in [0.3, 0.4) is 0 Å². The van der Waals surface area contributed by atoms with Gasteiger partial charge < -0.3 is 0 Å². The molecule has 0 aromatic heterocycles. The summed E-state index contributed by atoms with van der Waals surface area (Å²) in [6, 6.07) is 70.2. The molecular formula is C60H50. The molecule has 0 amide bonds. The molecule has 0 radical (unpaired) electrons. The SMILES string of the molecule is Cc1ccc(C(=Cc2ccccc2C=Cc2ccc(-c3ccc(C=Cc4ccccc4C=C(c4ccc(C)cc4)c4ccc(C)cc4)cc3)cc2)c2ccc(C)cc2)cc1. The molecule has 8 aromatic rings. The van der Waals surface area contributed by atoms with Gasteiger partial charge >= 0.3 is 0 Å². The molecule has 60 heavy (non-hydrogen) atoms. The minimum Gasteiger partial charge on any atom is -0.0616 e. The first kappa shape index (κ1) is 39.5. The second-order valence-corrected chi connectivity index (χ2v) is 15.7. The molecule has 0 heteroatoms. The molecule has 0 saturated heterocycles. The topological polar surface area (TPSA) is 0 Å². The van der Waals surface area contributed by atoms with Crippen molar-refractivity contribution in [1.82, 2.24) is 0 Å². The summed E-state index contributed by atoms with van der Waals surface area (Å²) in [6.45, 7) is 8.54. The predicted octanol–water partition coefficient (Wildman–Crippen LogP) is 16.1. The van der Waals surface area contributed by atoms with Gasteiger partial charge in [-0.2, -0.15) is 0 Å². The van der Waals surface area contributed by atoms with Crippen molar-refractivity contribution in [2.24, 2.45) is 0 Å². The molecule has 0 fully saturated rings. The van der Waals surface area contributed by atoms with Crippen LogP contribution in [0.25, 0.3) is 58.7 Å². The van der Waals surface area contributed by atoms with Crippen molar-refractivity contribution in [3.63, 3.8) is 0 Å². The molecule has 0 aliphatic rings. The van der Waals surface area contributed by atoms with E-state index in [0.717, 1.165) is 11.1 Å². The zero-order valence-corrected chi connectivity index (χ0v) is 34.9. The average Bonchev–Trinajstić information content (AvgIpc) is 3.28. The first-order valence-corrected chi connectivity index (χ1v) is 20.8. The van der Waals surface area contributed by atoms with Gasteiger partial charge in [0.1, 0.15) is 0 Å². The van der Waals surface area contributed by atoms with Crippen molar-refractivity contribution in [1.29, 1.82) is 0 Å². The molecule has 0 unspecified atom stereocenters. The van der Waals surface area contributed by atoms with Crippen molar-refractivity contribution in [2.45, 2.75) is 27.7 Å². The molecule has 290 valence electrons. The van der Waals surface area contributed by atoms with Crippen LogP contribution in [0.2, 0.25) is 0 Å². The summed E-state index contributed by atoms with van der Waals surface area (Å²) < 4.78 is 0. The first-order chi connectivity index (χ1) is 29.3. The molecular weight excluding hydrogens is 721 g/mol. The van der Waals surface area contributed by atoms with Gasteiger partial charge in [-0.05, 0) is 118 Å². The fraction of sp³-hybridized carbons (Fsp3) is 0.0667. The Labute approximate surface area is 356 Å². The normalized spacial score (nSPS) is 11.2. The van der Waals surface area contributed by atoms with Crippen LogP contribution in [-0.2, 0) is 0 Å². The van der Waals surface area contributed by atoms with E-state index in [1.165, 1.54) is 89.0 Å². The van der Waals surface area contributed by atoms with Crippen LogP contribution < -0.4 is 0 Å². The maximum absolute atomic E-state index is 2.32. The lowest BCUT2D eigenvalue weighted by Crippen LogP contribution is -1.90. The summed E-state index contributed by atoms with van der Waals surface area (Å²) >= 11 is 0. The third-order valence-electron chi connectivity index (χ3n) is 11.1. The van der Waals surface area contributed by atoms with Crippen LogP contribution in [0, 0.1) is 27.7 Å². The van der Waals surface area contributed by atoms with E-state index >= 15 is 0 Å². The number of rotatable bonds is 11. The zero-order valence-electron chi connectivity index (χ0n) is 34.9. The Kier molecular flexibility index (Phi) is 12.2. The molecule has 8 rings (SSSR count). The van der Waals surface area contributed by atoms with Gasteiger partial charge in [0.25, 0.3) is 0 Å². The number of hydrogen-bond donors (Lipinski definition) is 0. The fourth-order valence-electron chi connectivity index (χ4n) is 7.44. The summed E-state index contributed by atoms with van der Waals surface area (Å²) in [5.41, 5.74) is 21.8. The van der Waals surface area contributed by atoms with Crippen LogP contribution in [-0.4, -0.2) is 0 Å². The van der Waals surface area contributed by atoms with Gasteiger partial charge in [-0.3, -0.25) is 0 Å². The van der Waals surface area contributed by atoms with Crippen LogP contribution in [0.1, 0.15) is 77.9 Å². The minimum atomic E-state index is 1.16. The smallest absolute Gasteiger partial charge is 0.0105 e. The first-order valence-electron chi connectivity index (χ1n) is 20.8. The molecule has 0 N–H and O–H groups in total. The largest absolute Gasteiger partial charge is 0.0616 e. The Bertz CT molecular complexity index is 2510. The third kappa shape index (κ3) is 9.87. The average molecular weight is 771 g/mol. The van der Waals surface area contributed by atoms with Gasteiger partial charge in [-0.1, -0.05) is 241 Å². The number of hydrogen-bond acceptors (Lipinski definition) is 0. The van der Waals surface area contributed by atoms with E-state index in [2.05, 4.69) is 258 Å². The van der Waals surface area contributed by atoms with Gasteiger partial charge in [0.05, 0.1) is 0 Å². The Morgan fingerprint density at radius 1 is 0.267 bits per heavy atom. The number of benzene rings is 8. The fourth-order valence-corrected chi connectivity index (χ4v) is 7.44. The van der Waals surface area contributed by atoms with Crippen LogP contribution in [0.5, 0.6) is 0 Å². The highest BCUT2D eigenvalue weighted by atomic mass is 14.1. The highest BCUT2D eigenvalue weighted by molar-refractivity contribution is 5.95. The highest BCUT2D eigenvalue weighted by Crippen LogP contribution is 2.31. The standard InChI is InChI=1S/C60H50/c1-43-13-27-53(28-14-43)59(54-29-15-44(2)16-30-54)41-57-11-7-5-9-49(57)35-21-47-23-37-51(38-24-47)52-39-25-48(26-40-52)22-36-50-10-6-8-12-58(50)42-60(55-31-17-45(3)18-32-55)56-33-19-46(4)20-34-56/h5-42H,1-4H3. The quantitative estimate of drug-likeness (QED) is 0.115. The van der Waals surface area contributed by atoms with E-state index < -0.39 is 0 Å². The predicted molar refractivity (Wildman–Crippen MR) is 261 cm³/mol. The van der Waals surface area contributed by atoms with Crippen molar-refractivity contribution < 1.29 is 0 Å². The van der Waals surface area contributed by atoms with Crippen molar-refractivity contribution in [3.8, 4) is 11.1 Å². The third-order valence-corrected chi connectivity index (χ3v) is 11.1. The summed E-state index contributed by atoms with van der Waals surface area (Å²) in [5.74, 6) is 0. The summed E-state index contributed by atoms with van der Waals surface area (Å²) in [6.07, 6.45) is 13.5. The van der Waals surface area contributed by atoms with Gasteiger partial charge in [0.15, 0.2) is 0 Å². The summed E-state index contributed by atoms with van der Waals surface area (Å²) in [4.78, 5) is 0. The second-order valence-electron chi connectivity index (χ2n) is 15.7. The van der Waals surface area contributed by atoms with Gasteiger partial charge in [0, 0.05) is 0 Å². The van der Waals surface area contributed by atoms with Gasteiger partial charge in [-0.25, -0.2) is 0 Å². The molecule has 0 aliphatic heterocycles. The molecule has 0 nitrogen and oxygen atoms in total. The van der Waals surface area contributed by atoms with E-state index in [4.69, 9.17) is 0 Å². The lowest BCUT2D eigenvalue weighted by atomic mass is 9.93. The van der Waals surface area contributed by atoms with E-state index in [0.29, 0.717) is 0 Å². The monoisotopic (exact) mass is 770 g/mol. The Morgan fingerprint density at radius 2 is 0.533 bits per heavy atom. The Morgan fingerprint density at radius 3 is 0.817 bits per heavy atom. The van der Waals surface area contributed by atoms with Crippen LogP contribution >= 0.6 is 0 Å². The minimum absolute atomic E-state index is 1.16. The van der Waals surface area contributed by atoms with Crippen molar-refractivity contribution in [2.75, 3.05) is 0 Å². The highest BCUT2D eigenvalue weighted by Gasteiger charge is 2.09. The van der Waals surface area contributed by atoms with Crippen molar-refractivity contribution >= 4 is 47.6 Å². The molecule has 0 saturated carbocycles. The zero-order chi connectivity index (χ0) is 41.3. The van der Waals surface area contributed by atoms with Gasteiger partial charge in [0.2, 0.25) is 0 Å². The molecule has 0 bridgehead atoms. The molecule has 0 spiro atoms. The maximum atomic E-state index is 2.32. The van der Waals surface area contributed by atoms with E-state index in [9.17, 15) is 0 Å². The lowest BCUT2D eigenvalue weighted by molar-refractivity contribution is 1.43. The van der Waals surface area contributed by atoms with Crippen LogP contribution in [0.4, 0.5) is 0 Å². The molecule has 0 aliphatic carbocycles. The van der Waals surface area contributed by atoms with E-state index in [1.807, 2.05) is 0 Å². The summed E-state index contributed by atoms with van der Waals surface area (Å²) in [7, 11) is 0. The van der Waals surface area contributed by atoms with Crippen molar-refractivity contribution in [3.05, 3.63) is 272 Å². The van der Waals surface area contributed by atoms with Crippen LogP contribution in [0.15, 0.2) is 194 Å². The van der Waals surface area contributed by atoms with Gasteiger partial charge in [-0.15, -0.1) is 0 Å². The summed E-state index contributed by atoms with van der Waals surface area (Å²) in [5, 5.41) is 0. The van der Waals surface area contributed by atoms with E-state index in [1.54, 1.807) is 0 Å². The Balaban J connectivity index is 0.990. The maximum Gasteiger partial charge on any atom is -0.0105 e. The number of aryl methyl sites for hydroxylation is 4. The lowest BCUT2D eigenvalue weighted by Gasteiger charge is -2.11. The molecule has 0 atom stereocenters. The Hall–Kier alpha value is -7.28. The molecule has 8 aromatic carbocycles. The molecule has 0 heterocycles. The second kappa shape index (κ2) is 18.5. The van der Waals surface area contributed by atoms with E-state index in [-0.39, 0.29) is 0 Å².